The number of oxime groups is 1. The normalized spacial score (nSPS) is 11.3. The molecule has 2 rings (SSSR count). The molecule has 0 heterocycles. The van der Waals surface area contributed by atoms with Crippen LogP contribution in [-0.4, -0.2) is 43.6 Å². The van der Waals surface area contributed by atoms with Gasteiger partial charge >= 0.3 is 0 Å². The molecule has 0 saturated heterocycles. The van der Waals surface area contributed by atoms with E-state index in [0.29, 0.717) is 19.6 Å². The van der Waals surface area contributed by atoms with Gasteiger partial charge in [-0.25, -0.2) is 0 Å². The minimum absolute atomic E-state index is 0.0869. The number of nitrogens with one attached hydrogen (secondary N) is 2. The molecule has 3 N–H and O–H groups in total. The maximum Gasteiger partial charge on any atom is 0.269 e. The lowest BCUT2D eigenvalue weighted by molar-refractivity contribution is -0.115. The summed E-state index contributed by atoms with van der Waals surface area (Å²) in [6.07, 6.45) is 1.83. The molecule has 0 aromatic heterocycles. The standard InChI is InChI=1S/C21H25Br2N3O3/c1-24-9-5-11-29-20-17(22)12-16(13-18(20)23)8-10-25-21(27)19(26-28)14-15-6-3-2-4-7-15/h2-4,6-7,12-13,24,28H,5,8-11,14H2,1H3,(H,25,27). The van der Waals surface area contributed by atoms with E-state index in [-0.39, 0.29) is 18.0 Å². The highest BCUT2D eigenvalue weighted by Gasteiger charge is 2.13. The molecule has 0 saturated carbocycles. The number of hydrogen-bond donors (Lipinski definition) is 3. The van der Waals surface area contributed by atoms with E-state index < -0.39 is 0 Å². The summed E-state index contributed by atoms with van der Waals surface area (Å²) in [5, 5.41) is 18.2. The second kappa shape index (κ2) is 12.6. The van der Waals surface area contributed by atoms with Crippen molar-refractivity contribution >= 4 is 43.5 Å². The van der Waals surface area contributed by atoms with Crippen LogP contribution in [0.1, 0.15) is 17.5 Å². The van der Waals surface area contributed by atoms with E-state index in [1.165, 1.54) is 0 Å². The van der Waals surface area contributed by atoms with Gasteiger partial charge in [0.2, 0.25) is 0 Å². The lowest BCUT2D eigenvalue weighted by Gasteiger charge is -2.13. The average Bonchev–Trinajstić information content (AvgIpc) is 2.71. The fourth-order valence-corrected chi connectivity index (χ4v) is 4.20. The predicted octanol–water partition coefficient (Wildman–Crippen LogP) is 3.93. The molecule has 0 aliphatic carbocycles. The Balaban J connectivity index is 1.86. The Bertz CT molecular complexity index is 806. The first-order valence-electron chi connectivity index (χ1n) is 9.33. The third-order valence-electron chi connectivity index (χ3n) is 4.17. The lowest BCUT2D eigenvalue weighted by atomic mass is 10.1. The maximum absolute atomic E-state index is 12.3. The van der Waals surface area contributed by atoms with Gasteiger partial charge in [-0.15, -0.1) is 0 Å². The Morgan fingerprint density at radius 3 is 2.41 bits per heavy atom. The predicted molar refractivity (Wildman–Crippen MR) is 122 cm³/mol. The Labute approximate surface area is 188 Å². The molecule has 0 aliphatic heterocycles. The quantitative estimate of drug-likeness (QED) is 0.179. The SMILES string of the molecule is CNCCCOc1c(Br)cc(CCNC(=O)C(Cc2ccccc2)=NO)cc1Br. The van der Waals surface area contributed by atoms with Crippen molar-refractivity contribution in [3.63, 3.8) is 0 Å². The molecule has 2 aromatic carbocycles. The van der Waals surface area contributed by atoms with E-state index >= 15 is 0 Å². The van der Waals surface area contributed by atoms with Crippen molar-refractivity contribution in [2.24, 2.45) is 5.16 Å². The van der Waals surface area contributed by atoms with Crippen LogP contribution in [0.4, 0.5) is 0 Å². The third kappa shape index (κ3) is 7.79. The van der Waals surface area contributed by atoms with E-state index in [2.05, 4.69) is 47.6 Å². The van der Waals surface area contributed by atoms with Gasteiger partial charge < -0.3 is 20.6 Å². The van der Waals surface area contributed by atoms with Crippen LogP contribution in [-0.2, 0) is 17.6 Å². The van der Waals surface area contributed by atoms with Crippen LogP contribution >= 0.6 is 31.9 Å². The zero-order chi connectivity index (χ0) is 21.1. The van der Waals surface area contributed by atoms with Crippen LogP contribution in [0.25, 0.3) is 0 Å². The minimum atomic E-state index is -0.376. The second-order valence-electron chi connectivity index (χ2n) is 6.41. The van der Waals surface area contributed by atoms with Gasteiger partial charge in [0, 0.05) is 13.0 Å². The number of ether oxygens (including phenoxy) is 1. The number of halogens is 2. The highest BCUT2D eigenvalue weighted by Crippen LogP contribution is 2.35. The van der Waals surface area contributed by atoms with Crippen LogP contribution in [0.2, 0.25) is 0 Å². The number of amides is 1. The Hall–Kier alpha value is -1.90. The Morgan fingerprint density at radius 2 is 1.79 bits per heavy atom. The van der Waals surface area contributed by atoms with Gasteiger partial charge in [-0.1, -0.05) is 35.5 Å². The van der Waals surface area contributed by atoms with Crippen molar-refractivity contribution in [2.75, 3.05) is 26.7 Å². The monoisotopic (exact) mass is 525 g/mol. The molecular formula is C21H25Br2N3O3. The highest BCUT2D eigenvalue weighted by atomic mass is 79.9. The average molecular weight is 527 g/mol. The van der Waals surface area contributed by atoms with Crippen molar-refractivity contribution in [3.05, 3.63) is 62.5 Å². The molecule has 1 amide bonds. The molecule has 0 fully saturated rings. The maximum atomic E-state index is 12.3. The van der Waals surface area contributed by atoms with Crippen molar-refractivity contribution in [1.29, 1.82) is 0 Å². The van der Waals surface area contributed by atoms with Crippen molar-refractivity contribution in [1.82, 2.24) is 10.6 Å². The van der Waals surface area contributed by atoms with Gasteiger partial charge in [-0.05, 0) is 81.6 Å². The van der Waals surface area contributed by atoms with Gasteiger partial charge in [-0.3, -0.25) is 4.79 Å². The molecule has 0 bridgehead atoms. The smallest absolute Gasteiger partial charge is 0.269 e. The van der Waals surface area contributed by atoms with E-state index in [4.69, 9.17) is 4.74 Å². The van der Waals surface area contributed by atoms with Crippen LogP contribution in [0, 0.1) is 0 Å². The van der Waals surface area contributed by atoms with E-state index in [1.807, 2.05) is 49.5 Å². The van der Waals surface area contributed by atoms with Gasteiger partial charge in [0.05, 0.1) is 15.6 Å². The molecule has 0 atom stereocenters. The fraction of sp³-hybridized carbons (Fsp3) is 0.333. The number of nitrogens with zero attached hydrogens (tertiary/aromatic N) is 1. The Morgan fingerprint density at radius 1 is 1.10 bits per heavy atom. The summed E-state index contributed by atoms with van der Waals surface area (Å²) in [7, 11) is 1.91. The molecule has 6 nitrogen and oxygen atoms in total. The van der Waals surface area contributed by atoms with E-state index in [9.17, 15) is 10.0 Å². The summed E-state index contributed by atoms with van der Waals surface area (Å²) in [5.41, 5.74) is 2.04. The number of rotatable bonds is 11. The molecule has 2 aromatic rings. The summed E-state index contributed by atoms with van der Waals surface area (Å²) in [5.74, 6) is 0.394. The largest absolute Gasteiger partial charge is 0.491 e. The molecule has 29 heavy (non-hydrogen) atoms. The Kier molecular flexibility index (Phi) is 10.2. The minimum Gasteiger partial charge on any atom is -0.491 e. The lowest BCUT2D eigenvalue weighted by Crippen LogP contribution is -2.33. The topological polar surface area (TPSA) is 83.0 Å². The van der Waals surface area contributed by atoms with Gasteiger partial charge in [0.15, 0.2) is 0 Å². The van der Waals surface area contributed by atoms with Crippen LogP contribution in [0.3, 0.4) is 0 Å². The number of hydrogen-bond acceptors (Lipinski definition) is 5. The fourth-order valence-electron chi connectivity index (χ4n) is 2.69. The molecular weight excluding hydrogens is 502 g/mol. The summed E-state index contributed by atoms with van der Waals surface area (Å²) in [4.78, 5) is 12.3. The number of carbonyl (C=O) groups excluding carboxylic acids is 1. The van der Waals surface area contributed by atoms with Gasteiger partial charge in [0.25, 0.3) is 5.91 Å². The molecule has 156 valence electrons. The summed E-state index contributed by atoms with van der Waals surface area (Å²) < 4.78 is 7.54. The number of carbonyl (C=O) groups is 1. The van der Waals surface area contributed by atoms with Crippen molar-refractivity contribution in [2.45, 2.75) is 19.3 Å². The molecule has 0 aliphatic rings. The summed E-state index contributed by atoms with van der Waals surface area (Å²) in [6.45, 7) is 1.95. The number of benzene rings is 2. The van der Waals surface area contributed by atoms with Crippen LogP contribution in [0.5, 0.6) is 5.75 Å². The summed E-state index contributed by atoms with van der Waals surface area (Å²) >= 11 is 7.10. The van der Waals surface area contributed by atoms with Crippen molar-refractivity contribution < 1.29 is 14.7 Å². The van der Waals surface area contributed by atoms with Crippen LogP contribution in [0.15, 0.2) is 56.6 Å². The highest BCUT2D eigenvalue weighted by molar-refractivity contribution is 9.11. The molecule has 0 unspecified atom stereocenters. The first kappa shape index (κ1) is 23.4. The third-order valence-corrected chi connectivity index (χ3v) is 5.35. The molecule has 0 spiro atoms. The van der Waals surface area contributed by atoms with Gasteiger partial charge in [-0.2, -0.15) is 0 Å². The van der Waals surface area contributed by atoms with Gasteiger partial charge in [0.1, 0.15) is 11.5 Å². The first-order valence-corrected chi connectivity index (χ1v) is 10.9. The molecule has 8 heteroatoms. The first-order chi connectivity index (χ1) is 14.0. The second-order valence-corrected chi connectivity index (χ2v) is 8.12. The molecule has 0 radical (unpaired) electrons. The summed E-state index contributed by atoms with van der Waals surface area (Å²) in [6, 6.07) is 13.4. The van der Waals surface area contributed by atoms with E-state index in [1.54, 1.807) is 0 Å². The van der Waals surface area contributed by atoms with Crippen LogP contribution < -0.4 is 15.4 Å². The van der Waals surface area contributed by atoms with E-state index in [0.717, 1.165) is 38.8 Å². The zero-order valence-corrected chi connectivity index (χ0v) is 19.4. The zero-order valence-electron chi connectivity index (χ0n) is 16.3. The van der Waals surface area contributed by atoms with Crippen molar-refractivity contribution in [3.8, 4) is 5.75 Å².